The van der Waals surface area contributed by atoms with E-state index in [-0.39, 0.29) is 30.3 Å². The van der Waals surface area contributed by atoms with E-state index < -0.39 is 24.1 Å². The van der Waals surface area contributed by atoms with Gasteiger partial charge in [0.15, 0.2) is 0 Å². The number of carboxylic acid groups (broad SMARTS) is 1. The number of carbonyl (C=O) groups excluding carboxylic acids is 2. The maximum atomic E-state index is 13.2. The fourth-order valence-electron chi connectivity index (χ4n) is 5.11. The third kappa shape index (κ3) is 5.64. The van der Waals surface area contributed by atoms with E-state index in [1.54, 1.807) is 13.8 Å². The molecule has 7 nitrogen and oxygen atoms in total. The van der Waals surface area contributed by atoms with Crippen LogP contribution in [0.2, 0.25) is 0 Å². The highest BCUT2D eigenvalue weighted by Crippen LogP contribution is 2.40. The van der Waals surface area contributed by atoms with Crippen LogP contribution in [0.3, 0.4) is 0 Å². The summed E-state index contributed by atoms with van der Waals surface area (Å²) >= 11 is 0. The van der Waals surface area contributed by atoms with Crippen LogP contribution in [0.4, 0.5) is 0 Å². The van der Waals surface area contributed by atoms with Gasteiger partial charge in [0.2, 0.25) is 5.91 Å². The van der Waals surface area contributed by atoms with Gasteiger partial charge in [-0.2, -0.15) is 0 Å². The number of likely N-dealkylation sites (tertiary alicyclic amines) is 1. The van der Waals surface area contributed by atoms with Crippen LogP contribution >= 0.6 is 0 Å². The van der Waals surface area contributed by atoms with Crippen LogP contribution in [-0.2, 0) is 25.5 Å². The van der Waals surface area contributed by atoms with Crippen molar-refractivity contribution in [1.82, 2.24) is 10.2 Å². The zero-order valence-corrected chi connectivity index (χ0v) is 18.5. The summed E-state index contributed by atoms with van der Waals surface area (Å²) < 4.78 is 5.21. The molecule has 1 heterocycles. The predicted molar refractivity (Wildman–Crippen MR) is 116 cm³/mol. The van der Waals surface area contributed by atoms with Crippen molar-refractivity contribution in [3.8, 4) is 0 Å². The summed E-state index contributed by atoms with van der Waals surface area (Å²) in [5.74, 6) is -1.29. The maximum absolute atomic E-state index is 13.2. The minimum Gasteiger partial charge on any atom is -0.480 e. The summed E-state index contributed by atoms with van der Waals surface area (Å²) in [4.78, 5) is 39.3. The highest BCUT2D eigenvalue weighted by atomic mass is 16.5. The molecular weight excluding hydrogens is 396 g/mol. The highest BCUT2D eigenvalue weighted by molar-refractivity contribution is 5.88. The number of fused-ring (bicyclic) bond motifs is 1. The maximum Gasteiger partial charge on any atom is 0.326 e. The average Bonchev–Trinajstić information content (AvgIpc) is 3.16. The van der Waals surface area contributed by atoms with Gasteiger partial charge in [-0.3, -0.25) is 14.9 Å². The van der Waals surface area contributed by atoms with Gasteiger partial charge in [-0.15, -0.1) is 0 Å². The molecule has 5 atom stereocenters. The first-order valence-electron chi connectivity index (χ1n) is 11.4. The lowest BCUT2D eigenvalue weighted by Crippen LogP contribution is -2.54. The molecule has 1 saturated carbocycles. The number of hydrogen-bond acceptors (Lipinski definition) is 5. The monoisotopic (exact) mass is 430 g/mol. The number of carboxylic acids is 1. The number of ether oxygens (including phenoxy) is 1. The van der Waals surface area contributed by atoms with E-state index in [1.807, 2.05) is 30.3 Å². The number of amides is 1. The van der Waals surface area contributed by atoms with E-state index >= 15 is 0 Å². The van der Waals surface area contributed by atoms with Crippen molar-refractivity contribution >= 4 is 17.8 Å². The Bertz CT molecular complexity index is 768. The second-order valence-electron chi connectivity index (χ2n) is 8.70. The van der Waals surface area contributed by atoms with E-state index in [9.17, 15) is 19.5 Å². The molecule has 0 radical (unpaired) electrons. The summed E-state index contributed by atoms with van der Waals surface area (Å²) in [6.07, 6.45) is 5.11. The molecule has 170 valence electrons. The van der Waals surface area contributed by atoms with Gasteiger partial charge in [0.05, 0.1) is 12.6 Å². The SMILES string of the molecule is CCOC(=O)C(CCc1ccccc1)NC(C)C(=O)N1CC2CCCCC2C1C(=O)O. The molecule has 1 aromatic rings. The Balaban J connectivity index is 1.67. The number of aliphatic carboxylic acids is 1. The smallest absolute Gasteiger partial charge is 0.326 e. The summed E-state index contributed by atoms with van der Waals surface area (Å²) in [7, 11) is 0. The lowest BCUT2D eigenvalue weighted by atomic mass is 9.78. The quantitative estimate of drug-likeness (QED) is 0.585. The van der Waals surface area contributed by atoms with Crippen molar-refractivity contribution in [2.24, 2.45) is 11.8 Å². The zero-order valence-electron chi connectivity index (χ0n) is 18.5. The number of benzene rings is 1. The van der Waals surface area contributed by atoms with Gasteiger partial charge in [0.1, 0.15) is 12.1 Å². The minimum absolute atomic E-state index is 0.0290. The first-order chi connectivity index (χ1) is 14.9. The van der Waals surface area contributed by atoms with Crippen molar-refractivity contribution in [3.63, 3.8) is 0 Å². The fourth-order valence-corrected chi connectivity index (χ4v) is 5.11. The molecular formula is C24H34N2O5. The third-order valence-corrected chi connectivity index (χ3v) is 6.63. The largest absolute Gasteiger partial charge is 0.480 e. The molecule has 2 fully saturated rings. The van der Waals surface area contributed by atoms with E-state index in [0.29, 0.717) is 19.4 Å². The first-order valence-corrected chi connectivity index (χ1v) is 11.4. The molecule has 0 aromatic heterocycles. The van der Waals surface area contributed by atoms with E-state index in [4.69, 9.17) is 4.74 Å². The Labute approximate surface area is 184 Å². The number of rotatable bonds is 9. The zero-order chi connectivity index (χ0) is 22.4. The third-order valence-electron chi connectivity index (χ3n) is 6.63. The molecule has 1 amide bonds. The minimum atomic E-state index is -0.930. The number of nitrogens with one attached hydrogen (secondary N) is 1. The molecule has 2 aliphatic rings. The standard InChI is InChI=1S/C24H34N2O5/c1-3-31-24(30)20(14-13-17-9-5-4-6-10-17)25-16(2)22(27)26-15-18-11-7-8-12-19(18)21(26)23(28)29/h4-6,9-10,16,18-21,25H,3,7-8,11-15H2,1-2H3,(H,28,29). The van der Waals surface area contributed by atoms with Crippen LogP contribution in [0.5, 0.6) is 0 Å². The van der Waals surface area contributed by atoms with Gasteiger partial charge in [-0.1, -0.05) is 43.2 Å². The van der Waals surface area contributed by atoms with Crippen LogP contribution in [-0.4, -0.2) is 59.1 Å². The summed E-state index contributed by atoms with van der Waals surface area (Å²) in [5, 5.41) is 12.9. The molecule has 7 heteroatoms. The summed E-state index contributed by atoms with van der Waals surface area (Å²) in [6, 6.07) is 7.77. The van der Waals surface area contributed by atoms with Crippen molar-refractivity contribution in [2.75, 3.05) is 13.2 Å². The topological polar surface area (TPSA) is 95.9 Å². The van der Waals surface area contributed by atoms with Gasteiger partial charge >= 0.3 is 11.9 Å². The Kier molecular flexibility index (Phi) is 8.07. The normalized spacial score (nSPS) is 24.8. The average molecular weight is 431 g/mol. The Morgan fingerprint density at radius 1 is 1.19 bits per heavy atom. The van der Waals surface area contributed by atoms with Crippen LogP contribution in [0.1, 0.15) is 51.5 Å². The lowest BCUT2D eigenvalue weighted by molar-refractivity contribution is -0.151. The van der Waals surface area contributed by atoms with Gasteiger partial charge in [0.25, 0.3) is 0 Å². The van der Waals surface area contributed by atoms with Crippen LogP contribution in [0, 0.1) is 11.8 Å². The van der Waals surface area contributed by atoms with Crippen LogP contribution in [0.15, 0.2) is 30.3 Å². The molecule has 0 bridgehead atoms. The molecule has 3 rings (SSSR count). The number of esters is 1. The molecule has 31 heavy (non-hydrogen) atoms. The van der Waals surface area contributed by atoms with Crippen molar-refractivity contribution < 1.29 is 24.2 Å². The highest BCUT2D eigenvalue weighted by Gasteiger charge is 2.49. The second kappa shape index (κ2) is 10.8. The molecule has 0 spiro atoms. The molecule has 1 aliphatic heterocycles. The number of carbonyl (C=O) groups is 3. The Morgan fingerprint density at radius 2 is 1.90 bits per heavy atom. The van der Waals surface area contributed by atoms with E-state index in [1.165, 1.54) is 4.90 Å². The Hall–Kier alpha value is -2.41. The number of nitrogens with zero attached hydrogens (tertiary/aromatic N) is 1. The van der Waals surface area contributed by atoms with E-state index in [2.05, 4.69) is 5.32 Å². The predicted octanol–water partition coefficient (Wildman–Crippen LogP) is 2.63. The van der Waals surface area contributed by atoms with Gasteiger partial charge < -0.3 is 14.7 Å². The van der Waals surface area contributed by atoms with Crippen LogP contribution < -0.4 is 5.32 Å². The molecule has 5 unspecified atom stereocenters. The van der Waals surface area contributed by atoms with Gasteiger partial charge in [-0.05, 0) is 56.9 Å². The van der Waals surface area contributed by atoms with E-state index in [0.717, 1.165) is 31.2 Å². The second-order valence-corrected chi connectivity index (χ2v) is 8.70. The Morgan fingerprint density at radius 3 is 2.58 bits per heavy atom. The lowest BCUT2D eigenvalue weighted by Gasteiger charge is -2.29. The molecule has 2 N–H and O–H groups in total. The number of hydrogen-bond donors (Lipinski definition) is 2. The first kappa shape index (κ1) is 23.3. The molecule has 1 aromatic carbocycles. The van der Waals surface area contributed by atoms with Crippen molar-refractivity contribution in [1.29, 1.82) is 0 Å². The van der Waals surface area contributed by atoms with Gasteiger partial charge in [0, 0.05) is 6.54 Å². The fraction of sp³-hybridized carbons (Fsp3) is 0.625. The van der Waals surface area contributed by atoms with Crippen molar-refractivity contribution in [3.05, 3.63) is 35.9 Å². The summed E-state index contributed by atoms with van der Waals surface area (Å²) in [6.45, 7) is 4.21. The van der Waals surface area contributed by atoms with Gasteiger partial charge in [-0.25, -0.2) is 4.79 Å². The summed E-state index contributed by atoms with van der Waals surface area (Å²) in [5.41, 5.74) is 1.10. The molecule has 1 aliphatic carbocycles. The molecule has 1 saturated heterocycles. The van der Waals surface area contributed by atoms with Crippen LogP contribution in [0.25, 0.3) is 0 Å². The van der Waals surface area contributed by atoms with Crippen molar-refractivity contribution in [2.45, 2.75) is 70.5 Å². The number of aryl methyl sites for hydroxylation is 1.